The van der Waals surface area contributed by atoms with Crippen molar-refractivity contribution in [3.8, 4) is 11.1 Å². The van der Waals surface area contributed by atoms with Crippen molar-refractivity contribution in [3.63, 3.8) is 0 Å². The number of hydrogen-bond acceptors (Lipinski definition) is 7. The van der Waals surface area contributed by atoms with Gasteiger partial charge in [-0.3, -0.25) is 14.3 Å². The van der Waals surface area contributed by atoms with E-state index in [1.807, 2.05) is 0 Å². The maximum atomic E-state index is 14.0. The van der Waals surface area contributed by atoms with Crippen LogP contribution in [0.1, 0.15) is 70.6 Å². The van der Waals surface area contributed by atoms with Gasteiger partial charge in [0.1, 0.15) is 21.1 Å². The number of rotatable bonds is 5. The van der Waals surface area contributed by atoms with E-state index in [1.165, 1.54) is 10.9 Å². The van der Waals surface area contributed by atoms with Crippen LogP contribution >= 0.6 is 11.3 Å². The molecule has 5 aromatic rings. The molecule has 232 valence electrons. The summed E-state index contributed by atoms with van der Waals surface area (Å²) >= 11 is 0.528. The fourth-order valence-electron chi connectivity index (χ4n) is 4.54. The molecular weight excluding hydrogens is 614 g/mol. The van der Waals surface area contributed by atoms with E-state index < -0.39 is 46.7 Å². The minimum Gasteiger partial charge on any atom is -0.365 e. The average molecular weight is 639 g/mol. The molecule has 0 radical (unpaired) electrons. The first-order valence-electron chi connectivity index (χ1n) is 13.0. The molecule has 0 aliphatic heterocycles. The van der Waals surface area contributed by atoms with Gasteiger partial charge in [-0.15, -0.1) is 11.3 Å². The highest BCUT2D eigenvalue weighted by atomic mass is 32.1. The predicted octanol–water partition coefficient (Wildman–Crippen LogP) is 6.22. The molecule has 0 atom stereocenters. The molecule has 0 bridgehead atoms. The third-order valence-corrected chi connectivity index (χ3v) is 7.79. The lowest BCUT2D eigenvalue weighted by Gasteiger charge is -2.19. The van der Waals surface area contributed by atoms with E-state index in [2.05, 4.69) is 25.5 Å². The number of amides is 2. The van der Waals surface area contributed by atoms with Crippen LogP contribution in [0.15, 0.2) is 24.4 Å². The number of carbonyl (C=O) groups is 2. The molecule has 10 nitrogen and oxygen atoms in total. The van der Waals surface area contributed by atoms with Crippen molar-refractivity contribution < 1.29 is 35.9 Å². The Hall–Kier alpha value is -4.54. The SMILES string of the molecule is CCn1cc(-c2cc(C(F)(F)F)nc3sc(C(N)=O)c(NC(=O)c4cc5nc(C(C)(C)C)cc(C(F)(F)F)n5n4)c23)c(C)n1. The summed E-state index contributed by atoms with van der Waals surface area (Å²) < 4.78 is 85.5. The first-order valence-corrected chi connectivity index (χ1v) is 13.8. The van der Waals surface area contributed by atoms with Crippen LogP contribution in [0.25, 0.3) is 27.0 Å². The lowest BCUT2D eigenvalue weighted by atomic mass is 9.91. The summed E-state index contributed by atoms with van der Waals surface area (Å²) in [4.78, 5) is 33.3. The zero-order valence-corrected chi connectivity index (χ0v) is 24.6. The molecule has 5 aromatic heterocycles. The van der Waals surface area contributed by atoms with Crippen LogP contribution in [0.3, 0.4) is 0 Å². The molecule has 0 spiro atoms. The molecule has 0 aliphatic carbocycles. The number of nitrogens with two attached hydrogens (primary N) is 1. The minimum atomic E-state index is -4.86. The third-order valence-electron chi connectivity index (χ3n) is 6.69. The van der Waals surface area contributed by atoms with Gasteiger partial charge in [0.05, 0.1) is 17.1 Å². The molecule has 5 rings (SSSR count). The van der Waals surface area contributed by atoms with Gasteiger partial charge in [-0.05, 0) is 31.5 Å². The number of hydrogen-bond donors (Lipinski definition) is 2. The molecule has 5 heterocycles. The quantitative estimate of drug-likeness (QED) is 0.220. The fourth-order valence-corrected chi connectivity index (χ4v) is 5.55. The maximum Gasteiger partial charge on any atom is 0.433 e. The summed E-state index contributed by atoms with van der Waals surface area (Å²) in [5.74, 6) is -2.13. The number of halogens is 6. The summed E-state index contributed by atoms with van der Waals surface area (Å²) in [5, 5.41) is 10.5. The van der Waals surface area contributed by atoms with Crippen LogP contribution < -0.4 is 11.1 Å². The summed E-state index contributed by atoms with van der Waals surface area (Å²) in [6, 6.07) is 2.65. The van der Waals surface area contributed by atoms with Crippen molar-refractivity contribution in [1.82, 2.24) is 29.4 Å². The van der Waals surface area contributed by atoms with E-state index in [9.17, 15) is 35.9 Å². The monoisotopic (exact) mass is 638 g/mol. The Morgan fingerprint density at radius 3 is 2.18 bits per heavy atom. The van der Waals surface area contributed by atoms with E-state index in [4.69, 9.17) is 5.73 Å². The number of pyridine rings is 1. The number of carbonyl (C=O) groups excluding carboxylic acids is 2. The van der Waals surface area contributed by atoms with Crippen LogP contribution in [-0.2, 0) is 24.3 Å². The second-order valence-electron chi connectivity index (χ2n) is 10.9. The molecule has 3 N–H and O–H groups in total. The molecule has 0 fully saturated rings. The van der Waals surface area contributed by atoms with Crippen LogP contribution in [0.4, 0.5) is 32.0 Å². The zero-order chi connectivity index (χ0) is 32.5. The molecule has 0 saturated carbocycles. The Kier molecular flexibility index (Phi) is 7.22. The second kappa shape index (κ2) is 10.3. The maximum absolute atomic E-state index is 14.0. The molecule has 0 saturated heterocycles. The molecule has 44 heavy (non-hydrogen) atoms. The zero-order valence-electron chi connectivity index (χ0n) is 23.8. The van der Waals surface area contributed by atoms with Crippen LogP contribution in [0.5, 0.6) is 0 Å². The van der Waals surface area contributed by atoms with E-state index in [0.29, 0.717) is 28.1 Å². The van der Waals surface area contributed by atoms with Gasteiger partial charge < -0.3 is 11.1 Å². The van der Waals surface area contributed by atoms with Crippen LogP contribution in [0, 0.1) is 6.92 Å². The van der Waals surface area contributed by atoms with Crippen molar-refractivity contribution in [2.24, 2.45) is 5.73 Å². The van der Waals surface area contributed by atoms with Gasteiger partial charge in [-0.1, -0.05) is 20.8 Å². The molecule has 17 heteroatoms. The molecule has 2 amide bonds. The Morgan fingerprint density at radius 2 is 1.64 bits per heavy atom. The van der Waals surface area contributed by atoms with E-state index >= 15 is 0 Å². The number of thiophene rings is 1. The summed E-state index contributed by atoms with van der Waals surface area (Å²) in [6.07, 6.45) is -8.19. The number of primary amides is 1. The number of anilines is 1. The lowest BCUT2D eigenvalue weighted by molar-refractivity contribution is -0.143. The molecular formula is C27H24F6N8O2S. The van der Waals surface area contributed by atoms with E-state index in [1.54, 1.807) is 34.6 Å². The third kappa shape index (κ3) is 5.46. The normalized spacial score (nSPS) is 12.8. The summed E-state index contributed by atoms with van der Waals surface area (Å²) in [6.45, 7) is 8.77. The van der Waals surface area contributed by atoms with Gasteiger partial charge >= 0.3 is 12.4 Å². The van der Waals surface area contributed by atoms with Crippen LogP contribution in [0.2, 0.25) is 0 Å². The fraction of sp³-hybridized carbons (Fsp3) is 0.333. The van der Waals surface area contributed by atoms with E-state index in [0.717, 1.165) is 18.2 Å². The summed E-state index contributed by atoms with van der Waals surface area (Å²) in [5.41, 5.74) is 2.02. The van der Waals surface area contributed by atoms with Crippen molar-refractivity contribution in [2.45, 2.75) is 58.9 Å². The number of fused-ring (bicyclic) bond motifs is 2. The smallest absolute Gasteiger partial charge is 0.365 e. The number of aromatic nitrogens is 6. The van der Waals surface area contributed by atoms with Gasteiger partial charge in [-0.2, -0.15) is 36.5 Å². The van der Waals surface area contributed by atoms with Gasteiger partial charge in [0.15, 0.2) is 11.3 Å². The highest BCUT2D eigenvalue weighted by Crippen LogP contribution is 2.44. The molecule has 0 aliphatic rings. The highest BCUT2D eigenvalue weighted by molar-refractivity contribution is 7.21. The number of alkyl halides is 6. The molecule has 0 unspecified atom stereocenters. The Labute approximate surface area is 248 Å². The molecule has 0 aromatic carbocycles. The Balaban J connectivity index is 1.72. The van der Waals surface area contributed by atoms with Gasteiger partial charge in [-0.25, -0.2) is 14.5 Å². The topological polar surface area (TPSA) is 133 Å². The largest absolute Gasteiger partial charge is 0.433 e. The van der Waals surface area contributed by atoms with Gasteiger partial charge in [0.25, 0.3) is 11.8 Å². The van der Waals surface area contributed by atoms with Gasteiger partial charge in [0, 0.05) is 35.2 Å². The Bertz CT molecular complexity index is 1960. The summed E-state index contributed by atoms with van der Waals surface area (Å²) in [7, 11) is 0. The van der Waals surface area contributed by atoms with Crippen molar-refractivity contribution in [3.05, 3.63) is 57.7 Å². The van der Waals surface area contributed by atoms with Gasteiger partial charge in [0.2, 0.25) is 0 Å². The van der Waals surface area contributed by atoms with Crippen molar-refractivity contribution in [2.75, 3.05) is 5.32 Å². The lowest BCUT2D eigenvalue weighted by Crippen LogP contribution is -2.20. The number of aryl methyl sites for hydroxylation is 2. The van der Waals surface area contributed by atoms with Crippen molar-refractivity contribution >= 4 is 44.7 Å². The van der Waals surface area contributed by atoms with E-state index in [-0.39, 0.29) is 43.2 Å². The number of nitrogens with zero attached hydrogens (tertiary/aromatic N) is 6. The first-order chi connectivity index (χ1) is 20.3. The highest BCUT2D eigenvalue weighted by Gasteiger charge is 2.38. The second-order valence-corrected chi connectivity index (χ2v) is 11.9. The first kappa shape index (κ1) is 30.9. The van der Waals surface area contributed by atoms with Crippen molar-refractivity contribution in [1.29, 1.82) is 0 Å². The average Bonchev–Trinajstić information content (AvgIpc) is 3.60. The Morgan fingerprint density at radius 1 is 0.955 bits per heavy atom. The number of nitrogens with one attached hydrogen (secondary N) is 1. The predicted molar refractivity (Wildman–Crippen MR) is 149 cm³/mol. The standard InChI is InChI=1S/C27H24F6N8O2S/c1-6-40-10-13(11(2)38-40)12-7-16(26(28,29)30)36-24-19(12)20(21(44-24)22(34)42)37-23(43)14-8-18-35-15(25(3,4)5)9-17(27(31,32)33)41(18)39-14/h7-10H,6H2,1-5H3,(H2,34,42)(H,37,43). The van der Waals surface area contributed by atoms with Crippen LogP contribution in [-0.4, -0.2) is 41.2 Å². The minimum absolute atomic E-state index is 0.0307.